The molecule has 4 atom stereocenters. The van der Waals surface area contributed by atoms with E-state index in [2.05, 4.69) is 56.6 Å². The van der Waals surface area contributed by atoms with Gasteiger partial charge in [0.15, 0.2) is 6.17 Å². The van der Waals surface area contributed by atoms with E-state index in [1.807, 2.05) is 6.08 Å². The Morgan fingerprint density at radius 2 is 1.87 bits per heavy atom. The minimum atomic E-state index is -1.66. The molecular formula is C24H31F2I2NO. The largest absolute Gasteiger partial charge is 0.396 e. The van der Waals surface area contributed by atoms with Gasteiger partial charge in [-0.3, -0.25) is 0 Å². The lowest BCUT2D eigenvalue weighted by Crippen LogP contribution is -2.49. The molecule has 4 rings (SSSR count). The summed E-state index contributed by atoms with van der Waals surface area (Å²) < 4.78 is 32.4. The lowest BCUT2D eigenvalue weighted by atomic mass is 9.71. The number of allylic oxidation sites excluding steroid dienone is 7. The molecule has 2 nitrogen and oxygen atoms in total. The third-order valence-electron chi connectivity index (χ3n) is 7.56. The molecule has 1 heterocycles. The van der Waals surface area contributed by atoms with E-state index in [-0.39, 0.29) is 18.4 Å². The van der Waals surface area contributed by atoms with Crippen LogP contribution in [-0.4, -0.2) is 34.9 Å². The first-order chi connectivity index (χ1) is 14.5. The van der Waals surface area contributed by atoms with Crippen molar-refractivity contribution in [3.05, 3.63) is 44.4 Å². The van der Waals surface area contributed by atoms with Crippen LogP contribution < -0.4 is 5.32 Å². The van der Waals surface area contributed by atoms with Crippen molar-refractivity contribution in [1.82, 2.24) is 5.32 Å². The van der Waals surface area contributed by atoms with Crippen molar-refractivity contribution in [2.45, 2.75) is 57.2 Å². The van der Waals surface area contributed by atoms with Gasteiger partial charge in [-0.05, 0) is 106 Å². The number of halogens is 4. The van der Waals surface area contributed by atoms with Crippen molar-refractivity contribution in [2.75, 3.05) is 17.6 Å². The van der Waals surface area contributed by atoms with E-state index in [0.29, 0.717) is 29.7 Å². The predicted octanol–water partition coefficient (Wildman–Crippen LogP) is 6.36. The first-order valence-electron chi connectivity index (χ1n) is 11.2. The fourth-order valence-electron chi connectivity index (χ4n) is 5.65. The van der Waals surface area contributed by atoms with Gasteiger partial charge in [0.05, 0.1) is 0 Å². The van der Waals surface area contributed by atoms with Crippen LogP contribution in [0.2, 0.25) is 0 Å². The van der Waals surface area contributed by atoms with Crippen molar-refractivity contribution < 1.29 is 13.9 Å². The van der Waals surface area contributed by atoms with Crippen LogP contribution in [0.3, 0.4) is 0 Å². The van der Waals surface area contributed by atoms with Gasteiger partial charge in [0.2, 0.25) is 0 Å². The molecule has 0 aromatic heterocycles. The molecule has 0 aromatic rings. The summed E-state index contributed by atoms with van der Waals surface area (Å²) in [7, 11) is 0. The van der Waals surface area contributed by atoms with Gasteiger partial charge in [-0.15, -0.1) is 0 Å². The summed E-state index contributed by atoms with van der Waals surface area (Å²) in [6.07, 6.45) is 11.3. The Labute approximate surface area is 206 Å². The molecule has 3 aliphatic carbocycles. The number of hydrogen-bond acceptors (Lipinski definition) is 2. The molecule has 1 aliphatic heterocycles. The van der Waals surface area contributed by atoms with E-state index in [4.69, 9.17) is 0 Å². The monoisotopic (exact) mass is 641 g/mol. The van der Waals surface area contributed by atoms with Crippen molar-refractivity contribution >= 4 is 45.2 Å². The van der Waals surface area contributed by atoms with E-state index in [1.54, 1.807) is 6.08 Å². The zero-order chi connectivity index (χ0) is 21.3. The van der Waals surface area contributed by atoms with E-state index >= 15 is 4.39 Å². The molecular weight excluding hydrogens is 610 g/mol. The van der Waals surface area contributed by atoms with Gasteiger partial charge in [0.1, 0.15) is 5.83 Å². The average Bonchev–Trinajstić information content (AvgIpc) is 2.76. The maximum Gasteiger partial charge on any atom is 0.177 e. The van der Waals surface area contributed by atoms with Crippen molar-refractivity contribution in [1.29, 1.82) is 0 Å². The Morgan fingerprint density at radius 1 is 1.13 bits per heavy atom. The van der Waals surface area contributed by atoms with Gasteiger partial charge in [0, 0.05) is 29.5 Å². The summed E-state index contributed by atoms with van der Waals surface area (Å²) in [4.78, 5) is 0. The fourth-order valence-corrected chi connectivity index (χ4v) is 7.38. The normalized spacial score (nSPS) is 39.7. The standard InChI is InChI=1S/C24H31F2I2NO/c25-22-18(5-6-20(23(22)26)19-7-8-21(19)28)17-11-16(9-10-30)24(29-13-17)15-3-1-14(12-27)2-4-15/h5-6,8,14-16,19,22,24,29-30H,1-4,7,9-13H2/b18-17-. The first kappa shape index (κ1) is 23.4. The molecule has 1 saturated carbocycles. The molecule has 166 valence electrons. The quantitative estimate of drug-likeness (QED) is 0.271. The highest BCUT2D eigenvalue weighted by molar-refractivity contribution is 14.1. The summed E-state index contributed by atoms with van der Waals surface area (Å²) in [5.41, 5.74) is 1.99. The topological polar surface area (TPSA) is 32.3 Å². The Balaban J connectivity index is 1.48. The van der Waals surface area contributed by atoms with Crippen molar-refractivity contribution in [3.8, 4) is 0 Å². The highest BCUT2D eigenvalue weighted by Gasteiger charge is 2.38. The molecule has 0 amide bonds. The van der Waals surface area contributed by atoms with Gasteiger partial charge in [0.25, 0.3) is 0 Å². The summed E-state index contributed by atoms with van der Waals surface area (Å²) in [6, 6.07) is 0.375. The highest BCUT2D eigenvalue weighted by Crippen LogP contribution is 2.45. The first-order valence-corrected chi connectivity index (χ1v) is 13.8. The summed E-state index contributed by atoms with van der Waals surface area (Å²) in [5, 5.41) is 13.3. The van der Waals surface area contributed by atoms with Crippen LogP contribution in [0, 0.1) is 23.7 Å². The number of aliphatic hydroxyl groups is 1. The second-order valence-corrected chi connectivity index (χ2v) is 11.4. The number of hydrogen-bond donors (Lipinski definition) is 2. The van der Waals surface area contributed by atoms with E-state index in [9.17, 15) is 9.50 Å². The molecule has 0 spiro atoms. The molecule has 0 aromatic carbocycles. The molecule has 30 heavy (non-hydrogen) atoms. The molecule has 0 bridgehead atoms. The molecule has 0 radical (unpaired) electrons. The van der Waals surface area contributed by atoms with Crippen LogP contribution in [-0.2, 0) is 0 Å². The van der Waals surface area contributed by atoms with Crippen molar-refractivity contribution in [2.24, 2.45) is 23.7 Å². The Hall–Kier alpha value is 0.200. The molecule has 4 unspecified atom stereocenters. The van der Waals surface area contributed by atoms with Gasteiger partial charge in [-0.25, -0.2) is 8.78 Å². The number of rotatable bonds is 5. The van der Waals surface area contributed by atoms with Gasteiger partial charge in [-0.1, -0.05) is 40.8 Å². The molecule has 2 fully saturated rings. The lowest BCUT2D eigenvalue weighted by molar-refractivity contribution is 0.146. The van der Waals surface area contributed by atoms with E-state index < -0.39 is 12.0 Å². The fraction of sp³-hybridized carbons (Fsp3) is 0.667. The summed E-state index contributed by atoms with van der Waals surface area (Å²) in [5.74, 6) is 1.19. The number of piperidine rings is 1. The van der Waals surface area contributed by atoms with Crippen LogP contribution >= 0.6 is 45.2 Å². The number of alkyl halides is 2. The highest BCUT2D eigenvalue weighted by atomic mass is 127. The summed E-state index contributed by atoms with van der Waals surface area (Å²) >= 11 is 4.71. The molecule has 1 saturated heterocycles. The summed E-state index contributed by atoms with van der Waals surface area (Å²) in [6.45, 7) is 0.774. The van der Waals surface area contributed by atoms with E-state index in [0.717, 1.165) is 34.3 Å². The van der Waals surface area contributed by atoms with Gasteiger partial charge >= 0.3 is 0 Å². The predicted molar refractivity (Wildman–Crippen MR) is 135 cm³/mol. The Kier molecular flexibility index (Phi) is 8.12. The Bertz CT molecular complexity index is 767. The maximum atomic E-state index is 15.1. The van der Waals surface area contributed by atoms with Crippen molar-refractivity contribution in [3.63, 3.8) is 0 Å². The average molecular weight is 641 g/mol. The van der Waals surface area contributed by atoms with Crippen LogP contribution in [0.25, 0.3) is 0 Å². The van der Waals surface area contributed by atoms with Crippen LogP contribution in [0.5, 0.6) is 0 Å². The van der Waals surface area contributed by atoms with Gasteiger partial charge < -0.3 is 10.4 Å². The zero-order valence-corrected chi connectivity index (χ0v) is 21.5. The third-order valence-corrected chi connectivity index (χ3v) is 10.0. The maximum absolute atomic E-state index is 15.1. The minimum absolute atomic E-state index is 0.0281. The lowest BCUT2D eigenvalue weighted by Gasteiger charge is -2.42. The second kappa shape index (κ2) is 10.4. The number of aliphatic hydroxyl groups excluding tert-OH is 1. The molecule has 6 heteroatoms. The van der Waals surface area contributed by atoms with E-state index in [1.165, 1.54) is 30.1 Å². The smallest absolute Gasteiger partial charge is 0.177 e. The number of nitrogens with one attached hydrogen (secondary N) is 1. The van der Waals surface area contributed by atoms with Crippen LogP contribution in [0.4, 0.5) is 8.78 Å². The minimum Gasteiger partial charge on any atom is -0.396 e. The Morgan fingerprint density at radius 3 is 2.47 bits per heavy atom. The van der Waals surface area contributed by atoms with Crippen LogP contribution in [0.15, 0.2) is 44.4 Å². The zero-order valence-electron chi connectivity index (χ0n) is 17.2. The SMILES string of the molecule is OCCC1C/C(=C2\C=CC(C3CC=C3I)=C(F)C2F)CNC1C1CCC(CI)CC1. The molecule has 2 N–H and O–H groups in total. The third kappa shape index (κ3) is 4.76. The van der Waals surface area contributed by atoms with Crippen LogP contribution in [0.1, 0.15) is 44.9 Å². The second-order valence-electron chi connectivity index (χ2n) is 9.25. The van der Waals surface area contributed by atoms with Gasteiger partial charge in [-0.2, -0.15) is 0 Å². The molecule has 4 aliphatic rings.